The van der Waals surface area contributed by atoms with Crippen LogP contribution in [0, 0.1) is 5.92 Å². The van der Waals surface area contributed by atoms with E-state index in [1.54, 1.807) is 6.07 Å². The number of esters is 1. The Morgan fingerprint density at radius 3 is 2.42 bits per heavy atom. The van der Waals surface area contributed by atoms with Crippen molar-refractivity contribution in [3.05, 3.63) is 88.9 Å². The van der Waals surface area contributed by atoms with Crippen molar-refractivity contribution in [3.8, 4) is 11.1 Å². The van der Waals surface area contributed by atoms with Crippen LogP contribution in [0.1, 0.15) is 28.8 Å². The number of anilines is 1. The van der Waals surface area contributed by atoms with Crippen LogP contribution in [0.4, 0.5) is 5.69 Å². The molecule has 1 unspecified atom stereocenters. The molecular formula is C27H27ClN2O3. The quantitative estimate of drug-likeness (QED) is 0.503. The van der Waals surface area contributed by atoms with Crippen LogP contribution in [0.3, 0.4) is 0 Å². The van der Waals surface area contributed by atoms with E-state index in [0.29, 0.717) is 18.7 Å². The van der Waals surface area contributed by atoms with E-state index in [2.05, 4.69) is 22.3 Å². The maximum atomic E-state index is 12.9. The Morgan fingerprint density at radius 2 is 1.73 bits per heavy atom. The molecule has 1 aliphatic heterocycles. The summed E-state index contributed by atoms with van der Waals surface area (Å²) < 4.78 is 4.82. The lowest BCUT2D eigenvalue weighted by Gasteiger charge is -2.34. The lowest BCUT2D eigenvalue weighted by Crippen LogP contribution is -2.43. The van der Waals surface area contributed by atoms with E-state index in [1.165, 1.54) is 7.11 Å². The van der Waals surface area contributed by atoms with Crippen LogP contribution in [0.25, 0.3) is 11.1 Å². The van der Waals surface area contributed by atoms with Crippen molar-refractivity contribution in [1.82, 2.24) is 5.32 Å². The van der Waals surface area contributed by atoms with Crippen molar-refractivity contribution in [2.75, 3.05) is 25.1 Å². The van der Waals surface area contributed by atoms with Gasteiger partial charge in [0.25, 0.3) is 0 Å². The maximum Gasteiger partial charge on any atom is 0.337 e. The summed E-state index contributed by atoms with van der Waals surface area (Å²) in [5.41, 5.74) is 4.73. The van der Waals surface area contributed by atoms with E-state index in [4.69, 9.17) is 16.3 Å². The van der Waals surface area contributed by atoms with E-state index >= 15 is 0 Å². The number of carbonyl (C=O) groups excluding carboxylic acids is 2. The first-order valence-electron chi connectivity index (χ1n) is 11.1. The van der Waals surface area contributed by atoms with Gasteiger partial charge in [0.05, 0.1) is 18.6 Å². The largest absolute Gasteiger partial charge is 0.465 e. The molecule has 6 heteroatoms. The fraction of sp³-hybridized carbons (Fsp3) is 0.259. The Bertz CT molecular complexity index is 1110. The summed E-state index contributed by atoms with van der Waals surface area (Å²) in [6, 6.07) is 23.3. The number of nitrogens with zero attached hydrogens (tertiary/aromatic N) is 1. The Labute approximate surface area is 199 Å². The van der Waals surface area contributed by atoms with Gasteiger partial charge in [0.15, 0.2) is 0 Å². The van der Waals surface area contributed by atoms with Crippen molar-refractivity contribution in [1.29, 1.82) is 0 Å². The number of methoxy groups -OCH3 is 1. The number of carbonyl (C=O) groups is 2. The molecule has 0 aromatic heterocycles. The zero-order chi connectivity index (χ0) is 23.2. The molecule has 5 nitrogen and oxygen atoms in total. The fourth-order valence-electron chi connectivity index (χ4n) is 4.16. The van der Waals surface area contributed by atoms with Gasteiger partial charge in [0.1, 0.15) is 0 Å². The van der Waals surface area contributed by atoms with Crippen molar-refractivity contribution < 1.29 is 14.3 Å². The third-order valence-electron chi connectivity index (χ3n) is 6.02. The van der Waals surface area contributed by atoms with Gasteiger partial charge < -0.3 is 15.0 Å². The lowest BCUT2D eigenvalue weighted by molar-refractivity contribution is -0.125. The highest BCUT2D eigenvalue weighted by atomic mass is 35.5. The van der Waals surface area contributed by atoms with Crippen molar-refractivity contribution in [2.24, 2.45) is 5.92 Å². The number of rotatable bonds is 6. The smallest absolute Gasteiger partial charge is 0.337 e. The molecule has 33 heavy (non-hydrogen) atoms. The molecule has 1 heterocycles. The maximum absolute atomic E-state index is 12.9. The zero-order valence-electron chi connectivity index (χ0n) is 18.6. The molecule has 0 radical (unpaired) electrons. The molecule has 1 aliphatic rings. The monoisotopic (exact) mass is 462 g/mol. The number of benzene rings is 3. The molecular weight excluding hydrogens is 436 g/mol. The molecule has 3 aromatic carbocycles. The lowest BCUT2D eigenvalue weighted by atomic mass is 9.96. The molecule has 1 fully saturated rings. The first-order valence-corrected chi connectivity index (χ1v) is 11.5. The Kier molecular flexibility index (Phi) is 7.30. The summed E-state index contributed by atoms with van der Waals surface area (Å²) in [6.45, 7) is 1.99. The minimum atomic E-state index is -0.356. The van der Waals surface area contributed by atoms with E-state index in [0.717, 1.165) is 46.8 Å². The first-order chi connectivity index (χ1) is 16.0. The van der Waals surface area contributed by atoms with Crippen LogP contribution in [0.5, 0.6) is 0 Å². The normalized spacial score (nSPS) is 15.7. The van der Waals surface area contributed by atoms with Crippen LogP contribution >= 0.6 is 11.6 Å². The van der Waals surface area contributed by atoms with E-state index in [-0.39, 0.29) is 17.8 Å². The average molecular weight is 463 g/mol. The van der Waals surface area contributed by atoms with E-state index in [1.807, 2.05) is 54.6 Å². The average Bonchev–Trinajstić information content (AvgIpc) is 2.87. The second-order valence-electron chi connectivity index (χ2n) is 8.25. The highest BCUT2D eigenvalue weighted by Crippen LogP contribution is 2.25. The molecule has 1 N–H and O–H groups in total. The van der Waals surface area contributed by atoms with Gasteiger partial charge in [-0.3, -0.25) is 4.79 Å². The van der Waals surface area contributed by atoms with Crippen molar-refractivity contribution in [3.63, 3.8) is 0 Å². The third-order valence-corrected chi connectivity index (χ3v) is 6.27. The SMILES string of the molecule is COC(=O)c1cccc(N2CCCC(C(=O)NCc3ccc(-c4ccc(Cl)cc4)cc3)C2)c1. The highest BCUT2D eigenvalue weighted by molar-refractivity contribution is 6.30. The molecule has 0 saturated carbocycles. The summed E-state index contributed by atoms with van der Waals surface area (Å²) in [7, 11) is 1.38. The molecule has 0 bridgehead atoms. The number of amides is 1. The molecule has 170 valence electrons. The van der Waals surface area contributed by atoms with Gasteiger partial charge in [-0.25, -0.2) is 4.79 Å². The van der Waals surface area contributed by atoms with E-state index < -0.39 is 0 Å². The topological polar surface area (TPSA) is 58.6 Å². The van der Waals surface area contributed by atoms with Crippen LogP contribution in [0.2, 0.25) is 5.02 Å². The number of hydrogen-bond acceptors (Lipinski definition) is 4. The first kappa shape index (κ1) is 22.9. The molecule has 1 amide bonds. The molecule has 0 aliphatic carbocycles. The number of nitrogens with one attached hydrogen (secondary N) is 1. The minimum Gasteiger partial charge on any atom is -0.465 e. The van der Waals surface area contributed by atoms with Crippen LogP contribution in [0.15, 0.2) is 72.8 Å². The molecule has 3 aromatic rings. The Morgan fingerprint density at radius 1 is 1.03 bits per heavy atom. The zero-order valence-corrected chi connectivity index (χ0v) is 19.3. The predicted octanol–water partition coefficient (Wildman–Crippen LogP) is 5.33. The number of hydrogen-bond donors (Lipinski definition) is 1. The van der Waals surface area contributed by atoms with E-state index in [9.17, 15) is 9.59 Å². The summed E-state index contributed by atoms with van der Waals surface area (Å²) in [5.74, 6) is -0.385. The van der Waals surface area contributed by atoms with Gasteiger partial charge in [0, 0.05) is 30.3 Å². The molecule has 1 saturated heterocycles. The third kappa shape index (κ3) is 5.74. The Balaban J connectivity index is 1.34. The van der Waals surface area contributed by atoms with Gasteiger partial charge in [-0.15, -0.1) is 0 Å². The van der Waals surface area contributed by atoms with Gasteiger partial charge in [-0.2, -0.15) is 0 Å². The molecule has 1 atom stereocenters. The van der Waals surface area contributed by atoms with Gasteiger partial charge in [0.2, 0.25) is 5.91 Å². The predicted molar refractivity (Wildman–Crippen MR) is 131 cm³/mol. The summed E-state index contributed by atoms with van der Waals surface area (Å²) in [5, 5.41) is 3.81. The fourth-order valence-corrected chi connectivity index (χ4v) is 4.29. The molecule has 0 spiro atoms. The summed E-state index contributed by atoms with van der Waals surface area (Å²) in [4.78, 5) is 26.9. The van der Waals surface area contributed by atoms with Crippen molar-refractivity contribution in [2.45, 2.75) is 19.4 Å². The van der Waals surface area contributed by atoms with Crippen LogP contribution < -0.4 is 10.2 Å². The van der Waals surface area contributed by atoms with Gasteiger partial charge >= 0.3 is 5.97 Å². The van der Waals surface area contributed by atoms with Gasteiger partial charge in [-0.1, -0.05) is 54.1 Å². The Hall–Kier alpha value is -3.31. The summed E-state index contributed by atoms with van der Waals surface area (Å²) >= 11 is 5.97. The second-order valence-corrected chi connectivity index (χ2v) is 8.69. The van der Waals surface area contributed by atoms with Gasteiger partial charge in [-0.05, 0) is 59.9 Å². The highest BCUT2D eigenvalue weighted by Gasteiger charge is 2.26. The number of piperidine rings is 1. The minimum absolute atomic E-state index is 0.0607. The number of ether oxygens (including phenoxy) is 1. The number of halogens is 1. The van der Waals surface area contributed by atoms with Crippen LogP contribution in [-0.4, -0.2) is 32.1 Å². The van der Waals surface area contributed by atoms with Crippen LogP contribution in [-0.2, 0) is 16.1 Å². The second kappa shape index (κ2) is 10.5. The molecule has 4 rings (SSSR count). The standard InChI is InChI=1S/C27H27ClN2O3/c1-33-27(32)22-4-2-6-25(16-22)30-15-3-5-23(18-30)26(31)29-17-19-7-9-20(10-8-19)21-11-13-24(28)14-12-21/h2,4,6-14,16,23H,3,5,15,17-18H2,1H3,(H,29,31). The summed E-state index contributed by atoms with van der Waals surface area (Å²) in [6.07, 6.45) is 1.78. The van der Waals surface area contributed by atoms with Crippen molar-refractivity contribution >= 4 is 29.2 Å².